The molecule has 0 saturated heterocycles. The van der Waals surface area contributed by atoms with Crippen molar-refractivity contribution in [1.29, 1.82) is 0 Å². The lowest BCUT2D eigenvalue weighted by Gasteiger charge is -2.07. The second-order valence-electron chi connectivity index (χ2n) is 3.50. The van der Waals surface area contributed by atoms with Gasteiger partial charge in [-0.1, -0.05) is 35.3 Å². The molecule has 0 fully saturated rings. The molecule has 18 heavy (non-hydrogen) atoms. The third kappa shape index (κ3) is 2.17. The molecule has 3 nitrogen and oxygen atoms in total. The van der Waals surface area contributed by atoms with Gasteiger partial charge in [-0.15, -0.1) is 0 Å². The van der Waals surface area contributed by atoms with E-state index in [1.54, 1.807) is 12.1 Å². The maximum absolute atomic E-state index is 13.2. The molecular formula is C12H6Cl2FNO2. The standard InChI is InChI=1S/C12H6Cl2FNO2/c13-11-8(5-6-9(15)12(11)14)7-3-1-2-4-10(7)16(17)18/h1-6H. The zero-order valence-electron chi connectivity index (χ0n) is 8.86. The van der Waals surface area contributed by atoms with Crippen LogP contribution in [0.4, 0.5) is 10.1 Å². The number of halogens is 3. The van der Waals surface area contributed by atoms with Gasteiger partial charge in [0.05, 0.1) is 20.5 Å². The van der Waals surface area contributed by atoms with Gasteiger partial charge in [0.1, 0.15) is 5.82 Å². The van der Waals surface area contributed by atoms with E-state index in [9.17, 15) is 14.5 Å². The van der Waals surface area contributed by atoms with E-state index in [-0.39, 0.29) is 15.7 Å². The Morgan fingerprint density at radius 1 is 1.00 bits per heavy atom. The molecule has 0 heterocycles. The monoisotopic (exact) mass is 285 g/mol. The van der Waals surface area contributed by atoms with Crippen molar-refractivity contribution in [3.05, 3.63) is 62.4 Å². The van der Waals surface area contributed by atoms with Crippen LogP contribution in [-0.4, -0.2) is 4.92 Å². The van der Waals surface area contributed by atoms with Gasteiger partial charge in [0.2, 0.25) is 0 Å². The molecule has 2 aromatic carbocycles. The first-order chi connectivity index (χ1) is 8.52. The molecule has 0 spiro atoms. The number of para-hydroxylation sites is 1. The Balaban J connectivity index is 2.70. The van der Waals surface area contributed by atoms with Crippen molar-refractivity contribution in [3.63, 3.8) is 0 Å². The minimum atomic E-state index is -0.663. The highest BCUT2D eigenvalue weighted by Crippen LogP contribution is 2.38. The van der Waals surface area contributed by atoms with E-state index in [1.807, 2.05) is 0 Å². The predicted octanol–water partition coefficient (Wildman–Crippen LogP) is 4.71. The fourth-order valence-corrected chi connectivity index (χ4v) is 2.01. The molecule has 0 atom stereocenters. The summed E-state index contributed by atoms with van der Waals surface area (Å²) < 4.78 is 13.2. The van der Waals surface area contributed by atoms with Gasteiger partial charge in [0.25, 0.3) is 5.69 Å². The fraction of sp³-hybridized carbons (Fsp3) is 0. The minimum absolute atomic E-state index is 0.0361. The molecular weight excluding hydrogens is 280 g/mol. The summed E-state index contributed by atoms with van der Waals surface area (Å²) in [6.07, 6.45) is 0. The molecule has 92 valence electrons. The highest BCUT2D eigenvalue weighted by atomic mass is 35.5. The van der Waals surface area contributed by atoms with E-state index in [1.165, 1.54) is 18.2 Å². The Bertz CT molecular complexity index is 631. The average molecular weight is 286 g/mol. The molecule has 0 amide bonds. The Kier molecular flexibility index (Phi) is 3.50. The first-order valence-corrected chi connectivity index (χ1v) is 5.65. The lowest BCUT2D eigenvalue weighted by molar-refractivity contribution is -0.384. The molecule has 0 N–H and O–H groups in total. The van der Waals surface area contributed by atoms with E-state index in [4.69, 9.17) is 23.2 Å². The van der Waals surface area contributed by atoms with Crippen molar-refractivity contribution in [3.8, 4) is 11.1 Å². The van der Waals surface area contributed by atoms with Crippen LogP contribution in [0.15, 0.2) is 36.4 Å². The number of hydrogen-bond acceptors (Lipinski definition) is 2. The van der Waals surface area contributed by atoms with Crippen LogP contribution in [0.5, 0.6) is 0 Å². The Hall–Kier alpha value is -1.65. The number of rotatable bonds is 2. The molecule has 0 radical (unpaired) electrons. The second-order valence-corrected chi connectivity index (χ2v) is 4.25. The van der Waals surface area contributed by atoms with E-state index in [0.29, 0.717) is 11.1 Å². The van der Waals surface area contributed by atoms with Crippen LogP contribution < -0.4 is 0 Å². The van der Waals surface area contributed by atoms with E-state index in [0.717, 1.165) is 6.07 Å². The van der Waals surface area contributed by atoms with E-state index < -0.39 is 10.7 Å². The first kappa shape index (κ1) is 12.8. The maximum Gasteiger partial charge on any atom is 0.277 e. The number of benzene rings is 2. The number of nitrogens with zero attached hydrogens (tertiary/aromatic N) is 1. The van der Waals surface area contributed by atoms with Crippen LogP contribution in [0.25, 0.3) is 11.1 Å². The summed E-state index contributed by atoms with van der Waals surface area (Å²) in [5.41, 5.74) is 0.520. The third-order valence-electron chi connectivity index (χ3n) is 2.43. The SMILES string of the molecule is O=[N+]([O-])c1ccccc1-c1ccc(F)c(Cl)c1Cl. The largest absolute Gasteiger partial charge is 0.277 e. The molecule has 0 aliphatic carbocycles. The highest BCUT2D eigenvalue weighted by molar-refractivity contribution is 6.43. The van der Waals surface area contributed by atoms with Gasteiger partial charge < -0.3 is 0 Å². The molecule has 2 aromatic rings. The Labute approximate surface area is 112 Å². The van der Waals surface area contributed by atoms with Crippen LogP contribution in [0.2, 0.25) is 10.0 Å². The van der Waals surface area contributed by atoms with Gasteiger partial charge in [-0.2, -0.15) is 0 Å². The summed E-state index contributed by atoms with van der Waals surface area (Å²) in [5, 5.41) is 10.6. The molecule has 0 aliphatic rings. The van der Waals surface area contributed by atoms with Crippen LogP contribution in [0.3, 0.4) is 0 Å². The van der Waals surface area contributed by atoms with Crippen molar-refractivity contribution in [1.82, 2.24) is 0 Å². The first-order valence-electron chi connectivity index (χ1n) is 4.89. The zero-order valence-corrected chi connectivity index (χ0v) is 10.4. The minimum Gasteiger partial charge on any atom is -0.258 e. The van der Waals surface area contributed by atoms with Crippen molar-refractivity contribution in [2.45, 2.75) is 0 Å². The smallest absolute Gasteiger partial charge is 0.258 e. The van der Waals surface area contributed by atoms with Crippen LogP contribution >= 0.6 is 23.2 Å². The quantitative estimate of drug-likeness (QED) is 0.456. The fourth-order valence-electron chi connectivity index (χ4n) is 1.59. The Morgan fingerprint density at radius 3 is 2.33 bits per heavy atom. The molecule has 0 saturated carbocycles. The normalized spacial score (nSPS) is 10.4. The number of nitro benzene ring substituents is 1. The van der Waals surface area contributed by atoms with Crippen molar-refractivity contribution >= 4 is 28.9 Å². The van der Waals surface area contributed by atoms with Gasteiger partial charge in [-0.25, -0.2) is 4.39 Å². The summed E-state index contributed by atoms with van der Waals surface area (Å²) in [7, 11) is 0. The third-order valence-corrected chi connectivity index (χ3v) is 3.28. The van der Waals surface area contributed by atoms with Gasteiger partial charge in [0.15, 0.2) is 0 Å². The predicted molar refractivity (Wildman–Crippen MR) is 68.5 cm³/mol. The molecule has 0 bridgehead atoms. The van der Waals surface area contributed by atoms with Gasteiger partial charge in [0, 0.05) is 11.6 Å². The summed E-state index contributed by atoms with van der Waals surface area (Å²) in [6.45, 7) is 0. The van der Waals surface area contributed by atoms with Crippen LogP contribution in [0, 0.1) is 15.9 Å². The van der Waals surface area contributed by atoms with Crippen molar-refractivity contribution in [2.24, 2.45) is 0 Å². The lowest BCUT2D eigenvalue weighted by atomic mass is 10.0. The summed E-state index contributed by atoms with van der Waals surface area (Å²) in [6, 6.07) is 8.55. The summed E-state index contributed by atoms with van der Waals surface area (Å²) >= 11 is 11.6. The topological polar surface area (TPSA) is 43.1 Å². The van der Waals surface area contributed by atoms with Crippen molar-refractivity contribution in [2.75, 3.05) is 0 Å². The maximum atomic E-state index is 13.2. The zero-order chi connectivity index (χ0) is 13.3. The van der Waals surface area contributed by atoms with Gasteiger partial charge in [-0.05, 0) is 18.2 Å². The molecule has 2 rings (SSSR count). The molecule has 0 unspecified atom stereocenters. The lowest BCUT2D eigenvalue weighted by Crippen LogP contribution is -1.92. The number of hydrogen-bond donors (Lipinski definition) is 0. The van der Waals surface area contributed by atoms with E-state index >= 15 is 0 Å². The van der Waals surface area contributed by atoms with Gasteiger partial charge in [-0.3, -0.25) is 10.1 Å². The second kappa shape index (κ2) is 4.92. The van der Waals surface area contributed by atoms with Crippen LogP contribution in [0.1, 0.15) is 0 Å². The summed E-state index contributed by atoms with van der Waals surface area (Å²) in [5.74, 6) is -0.663. The highest BCUT2D eigenvalue weighted by Gasteiger charge is 2.19. The molecule has 0 aromatic heterocycles. The molecule has 0 aliphatic heterocycles. The summed E-state index contributed by atoms with van der Waals surface area (Å²) in [4.78, 5) is 10.4. The van der Waals surface area contributed by atoms with Gasteiger partial charge >= 0.3 is 0 Å². The average Bonchev–Trinajstić information content (AvgIpc) is 2.36. The van der Waals surface area contributed by atoms with Crippen LogP contribution in [-0.2, 0) is 0 Å². The number of nitro groups is 1. The van der Waals surface area contributed by atoms with E-state index in [2.05, 4.69) is 0 Å². The Morgan fingerprint density at radius 2 is 1.67 bits per heavy atom. The molecule has 6 heteroatoms. The van der Waals surface area contributed by atoms with Crippen molar-refractivity contribution < 1.29 is 9.31 Å².